The summed E-state index contributed by atoms with van der Waals surface area (Å²) in [5.41, 5.74) is 1.91. The van der Waals surface area contributed by atoms with Crippen molar-refractivity contribution < 1.29 is 4.79 Å². The Balaban J connectivity index is 0.00000392. The van der Waals surface area contributed by atoms with Gasteiger partial charge >= 0.3 is 0 Å². The zero-order valence-corrected chi connectivity index (χ0v) is 20.1. The van der Waals surface area contributed by atoms with E-state index in [1.807, 2.05) is 38.1 Å². The van der Waals surface area contributed by atoms with E-state index in [0.717, 1.165) is 30.3 Å². The molecule has 1 aromatic heterocycles. The van der Waals surface area contributed by atoms with E-state index in [0.29, 0.717) is 12.5 Å². The van der Waals surface area contributed by atoms with Crippen molar-refractivity contribution in [1.82, 2.24) is 10.6 Å². The maximum absolute atomic E-state index is 11.7. The van der Waals surface area contributed by atoms with Crippen molar-refractivity contribution in [1.29, 1.82) is 0 Å². The van der Waals surface area contributed by atoms with Gasteiger partial charge in [-0.05, 0) is 36.1 Å². The summed E-state index contributed by atoms with van der Waals surface area (Å²) >= 11 is 1.78. The average molecular weight is 514 g/mol. The SMILES string of the molecule is CCNC(=NCc1ccc(NC(=O)C(C)C)cc1)NCC(C)c1cccs1.I. The molecule has 0 saturated heterocycles. The molecule has 0 saturated carbocycles. The molecule has 5 nitrogen and oxygen atoms in total. The third-order valence-electron chi connectivity index (χ3n) is 4.11. The van der Waals surface area contributed by atoms with Gasteiger partial charge in [0.2, 0.25) is 5.91 Å². The van der Waals surface area contributed by atoms with Gasteiger partial charge in [0, 0.05) is 35.5 Å². The number of benzene rings is 1. The van der Waals surface area contributed by atoms with Gasteiger partial charge in [-0.3, -0.25) is 4.79 Å². The van der Waals surface area contributed by atoms with Crippen LogP contribution in [0.3, 0.4) is 0 Å². The van der Waals surface area contributed by atoms with E-state index < -0.39 is 0 Å². The summed E-state index contributed by atoms with van der Waals surface area (Å²) in [6.45, 7) is 10.3. The molecular formula is C21H31IN4OS. The molecule has 28 heavy (non-hydrogen) atoms. The average Bonchev–Trinajstić information content (AvgIpc) is 3.19. The molecule has 1 atom stereocenters. The predicted octanol–water partition coefficient (Wildman–Crippen LogP) is 4.82. The largest absolute Gasteiger partial charge is 0.357 e. The molecule has 1 unspecified atom stereocenters. The van der Waals surface area contributed by atoms with Gasteiger partial charge in [0.05, 0.1) is 6.54 Å². The molecule has 0 radical (unpaired) electrons. The Morgan fingerprint density at radius 3 is 2.39 bits per heavy atom. The minimum absolute atomic E-state index is 0. The molecular weight excluding hydrogens is 483 g/mol. The maximum atomic E-state index is 11.7. The van der Waals surface area contributed by atoms with E-state index in [-0.39, 0.29) is 35.8 Å². The fraction of sp³-hybridized carbons (Fsp3) is 0.429. The number of carbonyl (C=O) groups is 1. The standard InChI is InChI=1S/C21H30N4OS.HI/c1-5-22-21(23-13-16(4)19-7-6-12-27-19)24-14-17-8-10-18(11-9-17)25-20(26)15(2)3;/h6-12,15-16H,5,13-14H2,1-4H3,(H,25,26)(H2,22,23,24);1H. The fourth-order valence-electron chi connectivity index (χ4n) is 2.41. The van der Waals surface area contributed by atoms with Gasteiger partial charge in [0.25, 0.3) is 0 Å². The number of carbonyl (C=O) groups excluding carboxylic acids is 1. The van der Waals surface area contributed by atoms with Crippen LogP contribution in [0, 0.1) is 5.92 Å². The van der Waals surface area contributed by atoms with Crippen molar-refractivity contribution in [2.45, 2.75) is 40.2 Å². The number of hydrogen-bond acceptors (Lipinski definition) is 3. The first-order valence-electron chi connectivity index (χ1n) is 9.45. The Hall–Kier alpha value is -1.61. The summed E-state index contributed by atoms with van der Waals surface area (Å²) in [4.78, 5) is 17.8. The molecule has 7 heteroatoms. The zero-order valence-electron chi connectivity index (χ0n) is 17.0. The molecule has 1 amide bonds. The van der Waals surface area contributed by atoms with Crippen LogP contribution in [-0.4, -0.2) is 25.0 Å². The van der Waals surface area contributed by atoms with Gasteiger partial charge in [-0.1, -0.05) is 39.0 Å². The Morgan fingerprint density at radius 2 is 1.82 bits per heavy atom. The normalized spacial score (nSPS) is 12.2. The van der Waals surface area contributed by atoms with Crippen molar-refractivity contribution in [3.05, 3.63) is 52.2 Å². The number of guanidine groups is 1. The summed E-state index contributed by atoms with van der Waals surface area (Å²) in [5.74, 6) is 1.26. The third kappa shape index (κ3) is 8.18. The number of rotatable bonds is 8. The van der Waals surface area contributed by atoms with E-state index in [9.17, 15) is 4.79 Å². The smallest absolute Gasteiger partial charge is 0.226 e. The van der Waals surface area contributed by atoms with Crippen LogP contribution in [0.1, 0.15) is 44.1 Å². The highest BCUT2D eigenvalue weighted by molar-refractivity contribution is 14.0. The number of halogens is 1. The summed E-state index contributed by atoms with van der Waals surface area (Å²) < 4.78 is 0. The molecule has 0 spiro atoms. The van der Waals surface area contributed by atoms with E-state index in [1.54, 1.807) is 11.3 Å². The summed E-state index contributed by atoms with van der Waals surface area (Å²) in [7, 11) is 0. The van der Waals surface area contributed by atoms with Gasteiger partial charge in [-0.15, -0.1) is 35.3 Å². The molecule has 0 fully saturated rings. The lowest BCUT2D eigenvalue weighted by Gasteiger charge is -2.15. The lowest BCUT2D eigenvalue weighted by Crippen LogP contribution is -2.39. The first-order chi connectivity index (χ1) is 13.0. The molecule has 1 heterocycles. The molecule has 0 aliphatic carbocycles. The van der Waals surface area contributed by atoms with E-state index in [2.05, 4.69) is 52.3 Å². The van der Waals surface area contributed by atoms with E-state index in [4.69, 9.17) is 0 Å². The Morgan fingerprint density at radius 1 is 1.11 bits per heavy atom. The van der Waals surface area contributed by atoms with E-state index >= 15 is 0 Å². The Kier molecular flexibility index (Phi) is 11.1. The molecule has 0 aliphatic heterocycles. The number of aliphatic imine (C=N–C) groups is 1. The molecule has 0 bridgehead atoms. The first kappa shape index (κ1) is 24.4. The molecule has 1 aromatic carbocycles. The number of amides is 1. The van der Waals surface area contributed by atoms with Crippen LogP contribution in [0.5, 0.6) is 0 Å². The van der Waals surface area contributed by atoms with Crippen molar-refractivity contribution in [2.75, 3.05) is 18.4 Å². The topological polar surface area (TPSA) is 65.5 Å². The summed E-state index contributed by atoms with van der Waals surface area (Å²) in [6.07, 6.45) is 0. The molecule has 2 aromatic rings. The highest BCUT2D eigenvalue weighted by Gasteiger charge is 2.08. The second kappa shape index (κ2) is 12.8. The van der Waals surface area contributed by atoms with Crippen LogP contribution in [-0.2, 0) is 11.3 Å². The van der Waals surface area contributed by atoms with Crippen LogP contribution in [0.2, 0.25) is 0 Å². The summed E-state index contributed by atoms with van der Waals surface area (Å²) in [6, 6.07) is 12.1. The summed E-state index contributed by atoms with van der Waals surface area (Å²) in [5, 5.41) is 11.7. The zero-order chi connectivity index (χ0) is 19.6. The fourth-order valence-corrected chi connectivity index (χ4v) is 3.20. The van der Waals surface area contributed by atoms with E-state index in [1.165, 1.54) is 4.88 Å². The Labute approximate surface area is 189 Å². The van der Waals surface area contributed by atoms with Crippen molar-refractivity contribution in [3.8, 4) is 0 Å². The molecule has 3 N–H and O–H groups in total. The highest BCUT2D eigenvalue weighted by Crippen LogP contribution is 2.19. The van der Waals surface area contributed by atoms with Crippen molar-refractivity contribution in [2.24, 2.45) is 10.9 Å². The quantitative estimate of drug-likeness (QED) is 0.269. The van der Waals surface area contributed by atoms with Crippen LogP contribution < -0.4 is 16.0 Å². The van der Waals surface area contributed by atoms with Crippen molar-refractivity contribution in [3.63, 3.8) is 0 Å². The van der Waals surface area contributed by atoms with Gasteiger partial charge in [0.15, 0.2) is 5.96 Å². The number of nitrogens with one attached hydrogen (secondary N) is 3. The predicted molar refractivity (Wildman–Crippen MR) is 131 cm³/mol. The number of thiophene rings is 1. The lowest BCUT2D eigenvalue weighted by molar-refractivity contribution is -0.118. The number of nitrogens with zero attached hydrogens (tertiary/aromatic N) is 1. The number of anilines is 1. The maximum Gasteiger partial charge on any atom is 0.226 e. The highest BCUT2D eigenvalue weighted by atomic mass is 127. The third-order valence-corrected chi connectivity index (χ3v) is 5.22. The Bertz CT molecular complexity index is 729. The minimum atomic E-state index is -0.0282. The van der Waals surface area contributed by atoms with Crippen molar-refractivity contribution >= 4 is 52.9 Å². The second-order valence-corrected chi connectivity index (χ2v) is 7.81. The van der Waals surface area contributed by atoms with Gasteiger partial charge in [-0.25, -0.2) is 4.99 Å². The number of hydrogen-bond donors (Lipinski definition) is 3. The molecule has 2 rings (SSSR count). The van der Waals surface area contributed by atoms with Crippen LogP contribution in [0.25, 0.3) is 0 Å². The second-order valence-electron chi connectivity index (χ2n) is 6.83. The molecule has 0 aliphatic rings. The first-order valence-corrected chi connectivity index (χ1v) is 10.3. The van der Waals surface area contributed by atoms with Gasteiger partial charge < -0.3 is 16.0 Å². The molecule has 154 valence electrons. The van der Waals surface area contributed by atoms with Crippen LogP contribution >= 0.6 is 35.3 Å². The van der Waals surface area contributed by atoms with Crippen LogP contribution in [0.4, 0.5) is 5.69 Å². The lowest BCUT2D eigenvalue weighted by atomic mass is 10.1. The monoisotopic (exact) mass is 514 g/mol. The van der Waals surface area contributed by atoms with Gasteiger partial charge in [0.1, 0.15) is 0 Å². The van der Waals surface area contributed by atoms with Crippen LogP contribution in [0.15, 0.2) is 46.8 Å². The minimum Gasteiger partial charge on any atom is -0.357 e. The van der Waals surface area contributed by atoms with Gasteiger partial charge in [-0.2, -0.15) is 0 Å².